The number of hydrogen-bond donors (Lipinski definition) is 2. The van der Waals surface area contributed by atoms with Gasteiger partial charge in [0.25, 0.3) is 0 Å². The van der Waals surface area contributed by atoms with Crippen LogP contribution in [0.3, 0.4) is 0 Å². The van der Waals surface area contributed by atoms with Gasteiger partial charge in [-0.3, -0.25) is 11.3 Å². The third-order valence-corrected chi connectivity index (χ3v) is 5.54. The number of nitrogens with two attached hydrogens (primary N) is 1. The molecule has 1 aliphatic carbocycles. The minimum atomic E-state index is 0.0952. The lowest BCUT2D eigenvalue weighted by Gasteiger charge is -2.24. The number of rotatable bonds is 7. The second kappa shape index (κ2) is 8.51. The van der Waals surface area contributed by atoms with Gasteiger partial charge >= 0.3 is 0 Å². The van der Waals surface area contributed by atoms with Crippen molar-refractivity contribution in [2.75, 3.05) is 20.0 Å². The average molecular weight is 310 g/mol. The van der Waals surface area contributed by atoms with Gasteiger partial charge in [-0.1, -0.05) is 19.3 Å². The molecule has 118 valence electrons. The second-order valence-electron chi connectivity index (χ2n) is 5.42. The van der Waals surface area contributed by atoms with E-state index in [2.05, 4.69) is 5.43 Å². The molecule has 1 aromatic carbocycles. The van der Waals surface area contributed by atoms with Crippen LogP contribution < -0.4 is 20.7 Å². The number of nitrogens with one attached hydrogen (secondary N) is 1. The number of hydrogen-bond acceptors (Lipinski definition) is 5. The lowest BCUT2D eigenvalue weighted by molar-refractivity contribution is 0.386. The van der Waals surface area contributed by atoms with Crippen molar-refractivity contribution in [2.45, 2.75) is 43.4 Å². The van der Waals surface area contributed by atoms with Crippen molar-refractivity contribution in [3.8, 4) is 11.5 Å². The molecule has 1 aromatic rings. The molecule has 0 heterocycles. The largest absolute Gasteiger partial charge is 0.497 e. The van der Waals surface area contributed by atoms with E-state index in [1.54, 1.807) is 14.2 Å². The third-order valence-electron chi connectivity index (χ3n) is 4.07. The van der Waals surface area contributed by atoms with Crippen molar-refractivity contribution in [3.05, 3.63) is 23.8 Å². The first-order valence-electron chi connectivity index (χ1n) is 7.58. The summed E-state index contributed by atoms with van der Waals surface area (Å²) in [6, 6.07) is 5.99. The normalized spacial score (nSPS) is 17.5. The van der Waals surface area contributed by atoms with Gasteiger partial charge in [0.1, 0.15) is 11.5 Å². The Morgan fingerprint density at radius 2 is 2.00 bits per heavy atom. The number of ether oxygens (including phenoxy) is 2. The summed E-state index contributed by atoms with van der Waals surface area (Å²) >= 11 is 2.02. The highest BCUT2D eigenvalue weighted by molar-refractivity contribution is 7.99. The van der Waals surface area contributed by atoms with Gasteiger partial charge in [-0.15, -0.1) is 0 Å². The highest BCUT2D eigenvalue weighted by Gasteiger charge is 2.19. The Kier molecular flexibility index (Phi) is 6.67. The zero-order chi connectivity index (χ0) is 15.1. The Hall–Kier alpha value is -0.910. The summed E-state index contributed by atoms with van der Waals surface area (Å²) < 4.78 is 10.7. The molecule has 0 radical (unpaired) electrons. The smallest absolute Gasteiger partial charge is 0.127 e. The van der Waals surface area contributed by atoms with Crippen LogP contribution in [0, 0.1) is 0 Å². The predicted molar refractivity (Wildman–Crippen MR) is 88.9 cm³/mol. The standard InChI is InChI=1S/C16H26N2O2S/c1-19-12-8-9-14(16(10-12)20-2)15(18-17)11-21-13-6-4-3-5-7-13/h8-10,13,15,18H,3-7,11,17H2,1-2H3. The molecule has 0 aliphatic heterocycles. The summed E-state index contributed by atoms with van der Waals surface area (Å²) in [7, 11) is 3.34. The van der Waals surface area contributed by atoms with E-state index in [-0.39, 0.29) is 6.04 Å². The first kappa shape index (κ1) is 16.5. The van der Waals surface area contributed by atoms with E-state index in [1.807, 2.05) is 30.0 Å². The predicted octanol–water partition coefficient (Wildman–Crippen LogP) is 3.27. The molecule has 1 aliphatic rings. The molecule has 4 nitrogen and oxygen atoms in total. The van der Waals surface area contributed by atoms with E-state index >= 15 is 0 Å². The molecule has 1 saturated carbocycles. The topological polar surface area (TPSA) is 56.5 Å². The third kappa shape index (κ3) is 4.53. The van der Waals surface area contributed by atoms with Crippen molar-refractivity contribution >= 4 is 11.8 Å². The number of methoxy groups -OCH3 is 2. The van der Waals surface area contributed by atoms with Crippen LogP contribution in [0.5, 0.6) is 11.5 Å². The molecule has 3 N–H and O–H groups in total. The number of thioether (sulfide) groups is 1. The van der Waals surface area contributed by atoms with Crippen LogP contribution in [0.25, 0.3) is 0 Å². The van der Waals surface area contributed by atoms with Crippen LogP contribution in [-0.4, -0.2) is 25.2 Å². The maximum Gasteiger partial charge on any atom is 0.127 e. The molecule has 0 spiro atoms. The summed E-state index contributed by atoms with van der Waals surface area (Å²) in [5, 5.41) is 0.777. The Morgan fingerprint density at radius 3 is 2.62 bits per heavy atom. The van der Waals surface area contributed by atoms with E-state index in [9.17, 15) is 0 Å². The molecule has 1 fully saturated rings. The fourth-order valence-electron chi connectivity index (χ4n) is 2.80. The average Bonchev–Trinajstić information content (AvgIpc) is 2.56. The highest BCUT2D eigenvalue weighted by atomic mass is 32.2. The fourth-order valence-corrected chi connectivity index (χ4v) is 4.21. The van der Waals surface area contributed by atoms with Crippen LogP contribution in [0.15, 0.2) is 18.2 Å². The molecule has 0 amide bonds. The Balaban J connectivity index is 2.02. The molecule has 0 saturated heterocycles. The van der Waals surface area contributed by atoms with Crippen molar-refractivity contribution < 1.29 is 9.47 Å². The van der Waals surface area contributed by atoms with Gasteiger partial charge in [0.15, 0.2) is 0 Å². The first-order chi connectivity index (χ1) is 10.3. The van der Waals surface area contributed by atoms with Crippen molar-refractivity contribution in [1.82, 2.24) is 5.43 Å². The van der Waals surface area contributed by atoms with Crippen molar-refractivity contribution in [1.29, 1.82) is 0 Å². The summed E-state index contributed by atoms with van der Waals surface area (Å²) in [6.07, 6.45) is 6.79. The Morgan fingerprint density at radius 1 is 1.24 bits per heavy atom. The summed E-state index contributed by atoms with van der Waals surface area (Å²) in [6.45, 7) is 0. The van der Waals surface area contributed by atoms with Gasteiger partial charge in [-0.25, -0.2) is 0 Å². The minimum Gasteiger partial charge on any atom is -0.497 e. The van der Waals surface area contributed by atoms with Crippen LogP contribution in [0.4, 0.5) is 0 Å². The van der Waals surface area contributed by atoms with Gasteiger partial charge in [0.2, 0.25) is 0 Å². The van der Waals surface area contributed by atoms with Crippen LogP contribution in [0.1, 0.15) is 43.7 Å². The van der Waals surface area contributed by atoms with Gasteiger partial charge in [-0.2, -0.15) is 11.8 Å². The molecular weight excluding hydrogens is 284 g/mol. The SMILES string of the molecule is COc1ccc(C(CSC2CCCCC2)NN)c(OC)c1. The van der Waals surface area contributed by atoms with Crippen molar-refractivity contribution in [2.24, 2.45) is 5.84 Å². The zero-order valence-electron chi connectivity index (χ0n) is 12.9. The molecule has 1 unspecified atom stereocenters. The van der Waals surface area contributed by atoms with Crippen LogP contribution in [-0.2, 0) is 0 Å². The van der Waals surface area contributed by atoms with Crippen molar-refractivity contribution in [3.63, 3.8) is 0 Å². The number of benzene rings is 1. The van der Waals surface area contributed by atoms with E-state index in [4.69, 9.17) is 15.3 Å². The number of hydrazine groups is 1. The monoisotopic (exact) mass is 310 g/mol. The fraction of sp³-hybridized carbons (Fsp3) is 0.625. The van der Waals surface area contributed by atoms with Crippen LogP contribution in [0.2, 0.25) is 0 Å². The lowest BCUT2D eigenvalue weighted by atomic mass is 10.0. The minimum absolute atomic E-state index is 0.0952. The molecule has 1 atom stereocenters. The van der Waals surface area contributed by atoms with Gasteiger partial charge in [-0.05, 0) is 25.0 Å². The quantitative estimate of drug-likeness (QED) is 0.598. The molecule has 0 bridgehead atoms. The van der Waals surface area contributed by atoms with E-state index in [0.717, 1.165) is 28.1 Å². The summed E-state index contributed by atoms with van der Waals surface area (Å²) in [5.74, 6) is 8.34. The molecular formula is C16H26N2O2S. The molecule has 5 heteroatoms. The summed E-state index contributed by atoms with van der Waals surface area (Å²) in [5.41, 5.74) is 4.02. The zero-order valence-corrected chi connectivity index (χ0v) is 13.7. The van der Waals surface area contributed by atoms with E-state index in [1.165, 1.54) is 32.1 Å². The Labute approximate surface area is 131 Å². The van der Waals surface area contributed by atoms with Gasteiger partial charge in [0, 0.05) is 22.6 Å². The molecule has 21 heavy (non-hydrogen) atoms. The highest BCUT2D eigenvalue weighted by Crippen LogP contribution is 2.34. The molecule has 0 aromatic heterocycles. The molecule has 2 rings (SSSR count). The van der Waals surface area contributed by atoms with Gasteiger partial charge < -0.3 is 9.47 Å². The summed E-state index contributed by atoms with van der Waals surface area (Å²) in [4.78, 5) is 0. The Bertz CT molecular complexity index is 436. The van der Waals surface area contributed by atoms with E-state index in [0.29, 0.717) is 0 Å². The second-order valence-corrected chi connectivity index (χ2v) is 6.75. The lowest BCUT2D eigenvalue weighted by Crippen LogP contribution is -2.30. The van der Waals surface area contributed by atoms with Gasteiger partial charge in [0.05, 0.1) is 20.3 Å². The maximum absolute atomic E-state index is 5.76. The first-order valence-corrected chi connectivity index (χ1v) is 8.63. The maximum atomic E-state index is 5.76. The van der Waals surface area contributed by atoms with Crippen LogP contribution >= 0.6 is 11.8 Å². The van der Waals surface area contributed by atoms with E-state index < -0.39 is 0 Å².